The first-order valence-corrected chi connectivity index (χ1v) is 9.48. The van der Waals surface area contributed by atoms with Crippen molar-refractivity contribution in [3.63, 3.8) is 0 Å². The van der Waals surface area contributed by atoms with Crippen molar-refractivity contribution in [2.45, 2.75) is 13.5 Å². The number of amides is 3. The maximum atomic E-state index is 13.3. The quantitative estimate of drug-likeness (QED) is 0.337. The Morgan fingerprint density at radius 2 is 2.07 bits per heavy atom. The van der Waals surface area contributed by atoms with Gasteiger partial charge in [0.2, 0.25) is 0 Å². The number of carbonyl (C=O) groups is 2. The molecule has 2 rings (SSSR count). The van der Waals surface area contributed by atoms with Crippen LogP contribution >= 0.6 is 22.6 Å². The van der Waals surface area contributed by atoms with Gasteiger partial charge in [0.05, 0.1) is 10.2 Å². The third-order valence-electron chi connectivity index (χ3n) is 3.52. The first-order chi connectivity index (χ1) is 13.8. The molecule has 0 aromatic heterocycles. The Hall–Kier alpha value is -3.13. The molecule has 2 aromatic rings. The second kappa shape index (κ2) is 10.4. The summed E-state index contributed by atoms with van der Waals surface area (Å²) in [4.78, 5) is 22.7. The first-order valence-electron chi connectivity index (χ1n) is 8.40. The van der Waals surface area contributed by atoms with Gasteiger partial charge in [0.25, 0.3) is 5.91 Å². The summed E-state index contributed by atoms with van der Waals surface area (Å²) in [7, 11) is 0. The molecule has 0 bridgehead atoms. The molecule has 7 nitrogen and oxygen atoms in total. The van der Waals surface area contributed by atoms with Crippen LogP contribution in [-0.4, -0.2) is 18.5 Å². The molecule has 150 valence electrons. The van der Waals surface area contributed by atoms with Crippen LogP contribution in [0.3, 0.4) is 0 Å². The second-order valence-electron chi connectivity index (χ2n) is 5.67. The summed E-state index contributed by atoms with van der Waals surface area (Å²) >= 11 is 2.03. The Bertz CT molecular complexity index is 1000. The van der Waals surface area contributed by atoms with Gasteiger partial charge in [-0.25, -0.2) is 9.18 Å². The SMILES string of the molecule is CCOc1cc(/C=C(/C#N)C(=O)NC(N)=O)cc(I)c1OCc1cccc(F)c1. The lowest BCUT2D eigenvalue weighted by atomic mass is 10.1. The summed E-state index contributed by atoms with van der Waals surface area (Å²) < 4.78 is 25.4. The van der Waals surface area contributed by atoms with Gasteiger partial charge in [-0.15, -0.1) is 0 Å². The van der Waals surface area contributed by atoms with Crippen LogP contribution < -0.4 is 20.5 Å². The maximum absolute atomic E-state index is 13.3. The Balaban J connectivity index is 2.33. The number of nitrogens with zero attached hydrogens (tertiary/aromatic N) is 1. The third-order valence-corrected chi connectivity index (χ3v) is 4.32. The largest absolute Gasteiger partial charge is 0.490 e. The number of ether oxygens (including phenoxy) is 2. The number of rotatable bonds is 7. The Morgan fingerprint density at radius 1 is 1.31 bits per heavy atom. The highest BCUT2D eigenvalue weighted by Crippen LogP contribution is 2.35. The topological polar surface area (TPSA) is 114 Å². The smallest absolute Gasteiger partial charge is 0.319 e. The molecule has 0 heterocycles. The molecule has 0 unspecified atom stereocenters. The van der Waals surface area contributed by atoms with Crippen molar-refractivity contribution in [3.8, 4) is 17.6 Å². The molecule has 0 saturated heterocycles. The summed E-state index contributed by atoms with van der Waals surface area (Å²) in [6, 6.07) is 10.0. The molecule has 0 fully saturated rings. The van der Waals surface area contributed by atoms with Crippen molar-refractivity contribution >= 4 is 40.6 Å². The highest BCUT2D eigenvalue weighted by molar-refractivity contribution is 14.1. The standard InChI is InChI=1S/C20H17FIN3O4/c1-2-28-17-9-13(6-14(10-23)19(26)25-20(24)27)8-16(22)18(17)29-11-12-4-3-5-15(21)7-12/h3-9H,2,11H2,1H3,(H3,24,25,26,27)/b14-6-. The Kier molecular flexibility index (Phi) is 7.97. The number of urea groups is 1. The first kappa shape index (κ1) is 22.2. The van der Waals surface area contributed by atoms with Crippen molar-refractivity contribution in [1.29, 1.82) is 5.26 Å². The minimum absolute atomic E-state index is 0.132. The molecule has 0 radical (unpaired) electrons. The third kappa shape index (κ3) is 6.46. The number of primary amides is 1. The van der Waals surface area contributed by atoms with E-state index in [1.165, 1.54) is 18.2 Å². The van der Waals surface area contributed by atoms with Crippen LogP contribution in [0.25, 0.3) is 6.08 Å². The highest BCUT2D eigenvalue weighted by atomic mass is 127. The van der Waals surface area contributed by atoms with E-state index in [2.05, 4.69) is 0 Å². The van der Waals surface area contributed by atoms with E-state index in [0.29, 0.717) is 32.8 Å². The number of benzene rings is 2. The zero-order valence-electron chi connectivity index (χ0n) is 15.4. The molecule has 0 atom stereocenters. The number of nitrogens with two attached hydrogens (primary N) is 1. The van der Waals surface area contributed by atoms with E-state index in [1.807, 2.05) is 27.9 Å². The molecule has 0 aliphatic rings. The lowest BCUT2D eigenvalue weighted by Crippen LogP contribution is -2.35. The number of imide groups is 1. The van der Waals surface area contributed by atoms with E-state index in [1.54, 1.807) is 37.3 Å². The molecular weight excluding hydrogens is 492 g/mol. The number of hydrogen-bond acceptors (Lipinski definition) is 5. The van der Waals surface area contributed by atoms with Crippen LogP contribution in [0.4, 0.5) is 9.18 Å². The van der Waals surface area contributed by atoms with E-state index < -0.39 is 11.9 Å². The molecule has 3 amide bonds. The van der Waals surface area contributed by atoms with Crippen LogP contribution in [0.5, 0.6) is 11.5 Å². The van der Waals surface area contributed by atoms with Gasteiger partial charge in [-0.1, -0.05) is 12.1 Å². The maximum Gasteiger partial charge on any atom is 0.319 e. The zero-order chi connectivity index (χ0) is 21.4. The normalized spacial score (nSPS) is 10.8. The number of nitriles is 1. The predicted octanol–water partition coefficient (Wildman–Crippen LogP) is 3.51. The molecule has 0 aliphatic carbocycles. The van der Waals surface area contributed by atoms with E-state index >= 15 is 0 Å². The van der Waals surface area contributed by atoms with Crippen LogP contribution in [-0.2, 0) is 11.4 Å². The number of hydrogen-bond donors (Lipinski definition) is 2. The lowest BCUT2D eigenvalue weighted by Gasteiger charge is -2.15. The summed E-state index contributed by atoms with van der Waals surface area (Å²) in [5.41, 5.74) is 5.76. The molecule has 0 saturated carbocycles. The van der Waals surface area contributed by atoms with Crippen LogP contribution in [0.1, 0.15) is 18.1 Å². The van der Waals surface area contributed by atoms with E-state index in [0.717, 1.165) is 0 Å². The Labute approximate surface area is 180 Å². The van der Waals surface area contributed by atoms with E-state index in [4.69, 9.17) is 15.2 Å². The highest BCUT2D eigenvalue weighted by Gasteiger charge is 2.15. The van der Waals surface area contributed by atoms with Crippen molar-refractivity contribution in [2.24, 2.45) is 5.73 Å². The summed E-state index contributed by atoms with van der Waals surface area (Å²) in [5, 5.41) is 11.0. The van der Waals surface area contributed by atoms with Gasteiger partial charge < -0.3 is 15.2 Å². The zero-order valence-corrected chi connectivity index (χ0v) is 17.5. The summed E-state index contributed by atoms with van der Waals surface area (Å²) in [6.07, 6.45) is 1.30. The minimum atomic E-state index is -1.05. The van der Waals surface area contributed by atoms with Crippen molar-refractivity contribution in [1.82, 2.24) is 5.32 Å². The van der Waals surface area contributed by atoms with Gasteiger partial charge in [-0.2, -0.15) is 5.26 Å². The van der Waals surface area contributed by atoms with Gasteiger partial charge in [-0.05, 0) is 71.0 Å². The fourth-order valence-corrected chi connectivity index (χ4v) is 3.13. The van der Waals surface area contributed by atoms with Crippen LogP contribution in [0.2, 0.25) is 0 Å². The Morgan fingerprint density at radius 3 is 2.69 bits per heavy atom. The summed E-state index contributed by atoms with van der Waals surface area (Å²) in [6.45, 7) is 2.28. The van der Waals surface area contributed by atoms with Crippen LogP contribution in [0.15, 0.2) is 42.0 Å². The van der Waals surface area contributed by atoms with Crippen molar-refractivity contribution < 1.29 is 23.5 Å². The van der Waals surface area contributed by atoms with Gasteiger partial charge >= 0.3 is 6.03 Å². The lowest BCUT2D eigenvalue weighted by molar-refractivity contribution is -0.115. The van der Waals surface area contributed by atoms with Crippen LogP contribution in [0, 0.1) is 20.7 Å². The fraction of sp³-hybridized carbons (Fsp3) is 0.150. The average Bonchev–Trinajstić information content (AvgIpc) is 2.65. The molecule has 9 heteroatoms. The number of nitrogens with one attached hydrogen (secondary N) is 1. The van der Waals surface area contributed by atoms with Crippen molar-refractivity contribution in [2.75, 3.05) is 6.61 Å². The van der Waals surface area contributed by atoms with E-state index in [-0.39, 0.29) is 18.0 Å². The summed E-state index contributed by atoms with van der Waals surface area (Å²) in [5.74, 6) is -0.410. The second-order valence-corrected chi connectivity index (χ2v) is 6.83. The van der Waals surface area contributed by atoms with Gasteiger partial charge in [0.1, 0.15) is 24.1 Å². The monoisotopic (exact) mass is 509 g/mol. The molecular formula is C20H17FIN3O4. The number of carbonyl (C=O) groups excluding carboxylic acids is 2. The molecule has 29 heavy (non-hydrogen) atoms. The molecule has 2 aromatic carbocycles. The average molecular weight is 509 g/mol. The molecule has 0 aliphatic heterocycles. The molecule has 0 spiro atoms. The fourth-order valence-electron chi connectivity index (χ4n) is 2.35. The van der Waals surface area contributed by atoms with Gasteiger partial charge in [0.15, 0.2) is 11.5 Å². The minimum Gasteiger partial charge on any atom is -0.490 e. The van der Waals surface area contributed by atoms with E-state index in [9.17, 15) is 19.2 Å². The number of halogens is 2. The molecule has 3 N–H and O–H groups in total. The van der Waals surface area contributed by atoms with Gasteiger partial charge in [0, 0.05) is 0 Å². The van der Waals surface area contributed by atoms with Gasteiger partial charge in [-0.3, -0.25) is 10.1 Å². The van der Waals surface area contributed by atoms with Crippen molar-refractivity contribution in [3.05, 3.63) is 62.5 Å². The predicted molar refractivity (Wildman–Crippen MR) is 112 cm³/mol.